The summed E-state index contributed by atoms with van der Waals surface area (Å²) in [7, 11) is 0. The summed E-state index contributed by atoms with van der Waals surface area (Å²) in [4.78, 5) is 11.2. The number of hydrogen-bond acceptors (Lipinski definition) is 1. The van der Waals surface area contributed by atoms with Crippen LogP contribution in [0.5, 0.6) is 0 Å². The van der Waals surface area contributed by atoms with Gasteiger partial charge in [-0.3, -0.25) is 4.79 Å². The summed E-state index contributed by atoms with van der Waals surface area (Å²) in [5.74, 6) is -0.0243. The molecule has 2 heteroatoms. The van der Waals surface area contributed by atoms with Gasteiger partial charge in [0.25, 0.3) is 0 Å². The molecule has 1 saturated carbocycles. The summed E-state index contributed by atoms with van der Waals surface area (Å²) < 4.78 is 0. The molecule has 0 unspecified atom stereocenters. The van der Waals surface area contributed by atoms with Crippen molar-refractivity contribution >= 4 is 5.91 Å². The van der Waals surface area contributed by atoms with Crippen molar-refractivity contribution in [2.45, 2.75) is 51.0 Å². The van der Waals surface area contributed by atoms with Crippen LogP contribution >= 0.6 is 0 Å². The first-order chi connectivity index (χ1) is 6.22. The van der Waals surface area contributed by atoms with Gasteiger partial charge in [-0.1, -0.05) is 32.8 Å². The molecule has 1 aliphatic carbocycles. The topological polar surface area (TPSA) is 29.1 Å². The quantitative estimate of drug-likeness (QED) is 0.665. The summed E-state index contributed by atoms with van der Waals surface area (Å²) in [5, 5.41) is 3.07. The van der Waals surface area contributed by atoms with Crippen LogP contribution in [-0.4, -0.2) is 11.4 Å². The van der Waals surface area contributed by atoms with Gasteiger partial charge in [-0.05, 0) is 25.3 Å². The Balaban J connectivity index is 2.56. The Kier molecular flexibility index (Phi) is 3.52. The van der Waals surface area contributed by atoms with Gasteiger partial charge >= 0.3 is 0 Å². The largest absolute Gasteiger partial charge is 0.347 e. The number of hydrogen-bond donors (Lipinski definition) is 1. The summed E-state index contributed by atoms with van der Waals surface area (Å²) >= 11 is 0. The number of carbonyl (C=O) groups excluding carboxylic acids is 1. The molecular weight excluding hydrogens is 162 g/mol. The summed E-state index contributed by atoms with van der Waals surface area (Å²) in [6.07, 6.45) is 8.45. The molecule has 13 heavy (non-hydrogen) atoms. The van der Waals surface area contributed by atoms with E-state index in [4.69, 9.17) is 0 Å². The van der Waals surface area contributed by atoms with E-state index in [0.29, 0.717) is 0 Å². The van der Waals surface area contributed by atoms with Crippen molar-refractivity contribution in [1.82, 2.24) is 5.32 Å². The standard InChI is InChI=1S/C11H19NO/c1-3-10(13)12-11(4-2)8-6-5-7-9-11/h3H,1,4-9H2,2H3,(H,12,13). The SMILES string of the molecule is C=CC(=O)NC1(CC)CCCCC1. The van der Waals surface area contributed by atoms with E-state index in [1.165, 1.54) is 25.3 Å². The smallest absolute Gasteiger partial charge is 0.243 e. The van der Waals surface area contributed by atoms with E-state index >= 15 is 0 Å². The van der Waals surface area contributed by atoms with Crippen LogP contribution < -0.4 is 5.32 Å². The molecular formula is C11H19NO. The van der Waals surface area contributed by atoms with Crippen LogP contribution in [0.1, 0.15) is 45.4 Å². The molecule has 1 rings (SSSR count). The Labute approximate surface area is 80.4 Å². The average Bonchev–Trinajstić information content (AvgIpc) is 2.19. The zero-order chi connectivity index (χ0) is 9.73. The van der Waals surface area contributed by atoms with Crippen molar-refractivity contribution in [2.24, 2.45) is 0 Å². The van der Waals surface area contributed by atoms with Gasteiger partial charge in [0.1, 0.15) is 0 Å². The van der Waals surface area contributed by atoms with Crippen LogP contribution in [0.15, 0.2) is 12.7 Å². The second-order valence-corrected chi connectivity index (χ2v) is 3.89. The lowest BCUT2D eigenvalue weighted by Gasteiger charge is -2.37. The maximum Gasteiger partial charge on any atom is 0.243 e. The Morgan fingerprint density at radius 1 is 1.46 bits per heavy atom. The molecule has 0 saturated heterocycles. The maximum absolute atomic E-state index is 11.2. The first-order valence-corrected chi connectivity index (χ1v) is 5.17. The van der Waals surface area contributed by atoms with E-state index in [1.54, 1.807) is 0 Å². The minimum Gasteiger partial charge on any atom is -0.347 e. The van der Waals surface area contributed by atoms with E-state index in [-0.39, 0.29) is 11.4 Å². The van der Waals surface area contributed by atoms with Crippen molar-refractivity contribution in [3.63, 3.8) is 0 Å². The Hall–Kier alpha value is -0.790. The molecule has 0 aromatic heterocycles. The highest BCUT2D eigenvalue weighted by Gasteiger charge is 2.30. The summed E-state index contributed by atoms with van der Waals surface area (Å²) in [6, 6.07) is 0. The first-order valence-electron chi connectivity index (χ1n) is 5.17. The van der Waals surface area contributed by atoms with Crippen LogP contribution in [0.2, 0.25) is 0 Å². The van der Waals surface area contributed by atoms with E-state index in [0.717, 1.165) is 19.3 Å². The van der Waals surface area contributed by atoms with E-state index in [9.17, 15) is 4.79 Å². The van der Waals surface area contributed by atoms with Crippen molar-refractivity contribution in [3.05, 3.63) is 12.7 Å². The normalized spacial score (nSPS) is 20.7. The molecule has 0 radical (unpaired) electrons. The highest BCUT2D eigenvalue weighted by atomic mass is 16.1. The molecule has 1 amide bonds. The van der Waals surface area contributed by atoms with Gasteiger partial charge in [0.15, 0.2) is 0 Å². The number of amides is 1. The number of nitrogens with one attached hydrogen (secondary N) is 1. The van der Waals surface area contributed by atoms with E-state index < -0.39 is 0 Å². The fraction of sp³-hybridized carbons (Fsp3) is 0.727. The van der Waals surface area contributed by atoms with Crippen LogP contribution in [0.4, 0.5) is 0 Å². The van der Waals surface area contributed by atoms with Gasteiger partial charge in [0.2, 0.25) is 5.91 Å². The molecule has 0 aromatic carbocycles. The number of carbonyl (C=O) groups is 1. The minimum atomic E-state index is -0.0243. The van der Waals surface area contributed by atoms with Crippen LogP contribution in [0, 0.1) is 0 Å². The lowest BCUT2D eigenvalue weighted by Crippen LogP contribution is -2.48. The van der Waals surface area contributed by atoms with Gasteiger partial charge in [-0.2, -0.15) is 0 Å². The van der Waals surface area contributed by atoms with Gasteiger partial charge < -0.3 is 5.32 Å². The highest BCUT2D eigenvalue weighted by Crippen LogP contribution is 2.30. The molecule has 0 spiro atoms. The Morgan fingerprint density at radius 2 is 2.08 bits per heavy atom. The van der Waals surface area contributed by atoms with Crippen LogP contribution in [0.25, 0.3) is 0 Å². The predicted molar refractivity (Wildman–Crippen MR) is 54.4 cm³/mol. The third-order valence-electron chi connectivity index (χ3n) is 3.06. The van der Waals surface area contributed by atoms with Crippen molar-refractivity contribution in [3.8, 4) is 0 Å². The second kappa shape index (κ2) is 4.45. The predicted octanol–water partition coefficient (Wildman–Crippen LogP) is 2.40. The van der Waals surface area contributed by atoms with Gasteiger partial charge in [0.05, 0.1) is 0 Å². The van der Waals surface area contributed by atoms with Crippen LogP contribution in [0.3, 0.4) is 0 Å². The van der Waals surface area contributed by atoms with Crippen LogP contribution in [-0.2, 0) is 4.79 Å². The Bertz CT molecular complexity index is 192. The van der Waals surface area contributed by atoms with Gasteiger partial charge in [0, 0.05) is 5.54 Å². The molecule has 74 valence electrons. The molecule has 1 N–H and O–H groups in total. The molecule has 0 aromatic rings. The molecule has 1 aliphatic rings. The van der Waals surface area contributed by atoms with Crippen molar-refractivity contribution < 1.29 is 4.79 Å². The summed E-state index contributed by atoms with van der Waals surface area (Å²) in [6.45, 7) is 5.63. The molecule has 2 nitrogen and oxygen atoms in total. The molecule has 0 atom stereocenters. The van der Waals surface area contributed by atoms with Gasteiger partial charge in [-0.25, -0.2) is 0 Å². The fourth-order valence-corrected chi connectivity index (χ4v) is 2.11. The number of rotatable bonds is 3. The van der Waals surface area contributed by atoms with Gasteiger partial charge in [-0.15, -0.1) is 0 Å². The molecule has 0 heterocycles. The second-order valence-electron chi connectivity index (χ2n) is 3.89. The summed E-state index contributed by atoms with van der Waals surface area (Å²) in [5.41, 5.74) is 0.0729. The molecule has 0 bridgehead atoms. The maximum atomic E-state index is 11.2. The Morgan fingerprint density at radius 3 is 2.54 bits per heavy atom. The van der Waals surface area contributed by atoms with E-state index in [1.807, 2.05) is 0 Å². The first kappa shape index (κ1) is 10.3. The lowest BCUT2D eigenvalue weighted by atomic mass is 9.80. The lowest BCUT2D eigenvalue weighted by molar-refractivity contribution is -0.118. The monoisotopic (exact) mass is 181 g/mol. The third-order valence-corrected chi connectivity index (χ3v) is 3.06. The molecule has 0 aliphatic heterocycles. The minimum absolute atomic E-state index is 0.0243. The van der Waals surface area contributed by atoms with Crippen molar-refractivity contribution in [1.29, 1.82) is 0 Å². The third kappa shape index (κ3) is 2.58. The fourth-order valence-electron chi connectivity index (χ4n) is 2.11. The molecule has 1 fully saturated rings. The van der Waals surface area contributed by atoms with E-state index in [2.05, 4.69) is 18.8 Å². The highest BCUT2D eigenvalue weighted by molar-refractivity contribution is 5.87. The van der Waals surface area contributed by atoms with Crippen molar-refractivity contribution in [2.75, 3.05) is 0 Å². The zero-order valence-electron chi connectivity index (χ0n) is 8.44. The zero-order valence-corrected chi connectivity index (χ0v) is 8.44. The average molecular weight is 181 g/mol.